The maximum atomic E-state index is 13.2. The summed E-state index contributed by atoms with van der Waals surface area (Å²) in [5.74, 6) is -1.24. The second kappa shape index (κ2) is 10.4. The average molecular weight is 475 g/mol. The van der Waals surface area contributed by atoms with E-state index in [0.717, 1.165) is 17.5 Å². The highest BCUT2D eigenvalue weighted by atomic mass is 35.5. The van der Waals surface area contributed by atoms with E-state index in [9.17, 15) is 14.9 Å². The Labute approximate surface area is 200 Å². The normalized spacial score (nSPS) is 10.5. The average Bonchev–Trinajstić information content (AvgIpc) is 2.85. The number of carbonyl (C=O) groups is 1. The number of hydrogen-bond donors (Lipinski definition) is 3. The first-order valence-electron chi connectivity index (χ1n) is 10.2. The van der Waals surface area contributed by atoms with Crippen LogP contribution in [-0.4, -0.2) is 20.8 Å². The van der Waals surface area contributed by atoms with Gasteiger partial charge in [-0.1, -0.05) is 72.3 Å². The van der Waals surface area contributed by atoms with Gasteiger partial charge in [0, 0.05) is 10.7 Å². The number of hydrogen-bond acceptors (Lipinski definition) is 7. The van der Waals surface area contributed by atoms with Crippen LogP contribution in [0.15, 0.2) is 91.3 Å². The highest BCUT2D eigenvalue weighted by Crippen LogP contribution is 2.31. The summed E-state index contributed by atoms with van der Waals surface area (Å²) in [6.45, 7) is 0. The molecule has 1 amide bonds. The van der Waals surface area contributed by atoms with E-state index < -0.39 is 22.4 Å². The van der Waals surface area contributed by atoms with Crippen molar-refractivity contribution in [3.05, 3.63) is 118 Å². The molecule has 34 heavy (non-hydrogen) atoms. The van der Waals surface area contributed by atoms with Crippen LogP contribution in [0.25, 0.3) is 0 Å². The van der Waals surface area contributed by atoms with Crippen molar-refractivity contribution < 1.29 is 9.72 Å². The van der Waals surface area contributed by atoms with Crippen LogP contribution in [0.4, 0.5) is 23.0 Å². The highest BCUT2D eigenvalue weighted by molar-refractivity contribution is 6.30. The maximum Gasteiger partial charge on any atom is 0.355 e. The quantitative estimate of drug-likeness (QED) is 0.241. The Morgan fingerprint density at radius 1 is 0.853 bits per heavy atom. The first kappa shape index (κ1) is 22.7. The molecule has 1 aromatic heterocycles. The number of aromatic nitrogens is 2. The number of halogens is 1. The fourth-order valence-electron chi connectivity index (χ4n) is 3.38. The monoisotopic (exact) mass is 474 g/mol. The SMILES string of the molecule is O=C(NNc1ncnc(Nc2ccc(Cl)cc2)c1[N+](=O)[O-])C(c1ccccc1)c1ccccc1. The zero-order valence-corrected chi connectivity index (χ0v) is 18.4. The Morgan fingerprint density at radius 2 is 1.41 bits per heavy atom. The summed E-state index contributed by atoms with van der Waals surface area (Å²) < 4.78 is 0. The van der Waals surface area contributed by atoms with E-state index in [1.54, 1.807) is 24.3 Å². The van der Waals surface area contributed by atoms with Crippen molar-refractivity contribution in [3.8, 4) is 0 Å². The fraction of sp³-hybridized carbons (Fsp3) is 0.0417. The van der Waals surface area contributed by atoms with Crippen molar-refractivity contribution in [2.75, 3.05) is 10.7 Å². The molecular formula is C24H19ClN6O3. The van der Waals surface area contributed by atoms with Crippen LogP contribution in [0.2, 0.25) is 5.02 Å². The molecule has 0 aliphatic rings. The Kier molecular flexibility index (Phi) is 6.95. The van der Waals surface area contributed by atoms with Gasteiger partial charge >= 0.3 is 5.69 Å². The smallest absolute Gasteiger partial charge is 0.334 e. The molecule has 9 nitrogen and oxygen atoms in total. The maximum absolute atomic E-state index is 13.2. The second-order valence-electron chi connectivity index (χ2n) is 7.18. The summed E-state index contributed by atoms with van der Waals surface area (Å²) >= 11 is 5.89. The first-order chi connectivity index (χ1) is 16.5. The van der Waals surface area contributed by atoms with E-state index in [0.29, 0.717) is 10.7 Å². The molecule has 3 aromatic carbocycles. The predicted octanol–water partition coefficient (Wildman–Crippen LogP) is 5.06. The van der Waals surface area contributed by atoms with Gasteiger partial charge in [-0.15, -0.1) is 0 Å². The number of nitrogens with one attached hydrogen (secondary N) is 3. The number of rotatable bonds is 8. The number of benzene rings is 3. The van der Waals surface area contributed by atoms with Gasteiger partial charge in [0.25, 0.3) is 0 Å². The van der Waals surface area contributed by atoms with Gasteiger partial charge in [-0.2, -0.15) is 0 Å². The van der Waals surface area contributed by atoms with Gasteiger partial charge in [0.1, 0.15) is 6.33 Å². The summed E-state index contributed by atoms with van der Waals surface area (Å²) in [6, 6.07) is 25.1. The third kappa shape index (κ3) is 5.28. The molecule has 0 radical (unpaired) electrons. The fourth-order valence-corrected chi connectivity index (χ4v) is 3.51. The standard InChI is InChI=1S/C24H19ClN6O3/c25-18-11-13-19(14-12-18)28-22-21(31(33)34)23(27-15-26-22)29-30-24(32)20(16-7-3-1-4-8-16)17-9-5-2-6-10-17/h1-15,20H,(H,30,32)(H2,26,27,28,29). The minimum atomic E-state index is -0.637. The van der Waals surface area contributed by atoms with Gasteiger partial charge in [0.05, 0.1) is 10.8 Å². The van der Waals surface area contributed by atoms with Gasteiger partial charge < -0.3 is 5.32 Å². The predicted molar refractivity (Wildman–Crippen MR) is 130 cm³/mol. The molecule has 0 saturated heterocycles. The Bertz CT molecular complexity index is 1250. The Morgan fingerprint density at radius 3 is 1.97 bits per heavy atom. The first-order valence-corrected chi connectivity index (χ1v) is 10.6. The van der Waals surface area contributed by atoms with E-state index in [-0.39, 0.29) is 11.6 Å². The topological polar surface area (TPSA) is 122 Å². The van der Waals surface area contributed by atoms with Crippen molar-refractivity contribution >= 4 is 40.5 Å². The molecule has 4 aromatic rings. The summed E-state index contributed by atoms with van der Waals surface area (Å²) in [7, 11) is 0. The molecule has 10 heteroatoms. The Balaban J connectivity index is 1.59. The van der Waals surface area contributed by atoms with Crippen molar-refractivity contribution in [1.82, 2.24) is 15.4 Å². The lowest BCUT2D eigenvalue weighted by Gasteiger charge is -2.18. The van der Waals surface area contributed by atoms with Gasteiger partial charge in [-0.3, -0.25) is 25.8 Å². The lowest BCUT2D eigenvalue weighted by atomic mass is 9.91. The molecule has 0 unspecified atom stereocenters. The van der Waals surface area contributed by atoms with E-state index in [1.165, 1.54) is 0 Å². The molecule has 0 atom stereocenters. The van der Waals surface area contributed by atoms with Crippen LogP contribution in [0.5, 0.6) is 0 Å². The number of carbonyl (C=O) groups excluding carboxylic acids is 1. The number of hydrazine groups is 1. The molecule has 0 fully saturated rings. The van der Waals surface area contributed by atoms with Crippen LogP contribution < -0.4 is 16.2 Å². The highest BCUT2D eigenvalue weighted by Gasteiger charge is 2.26. The van der Waals surface area contributed by atoms with Crippen molar-refractivity contribution in [3.63, 3.8) is 0 Å². The minimum Gasteiger partial charge on any atom is -0.334 e. The van der Waals surface area contributed by atoms with Crippen molar-refractivity contribution in [2.45, 2.75) is 5.92 Å². The molecule has 3 N–H and O–H groups in total. The molecule has 4 rings (SSSR count). The molecular weight excluding hydrogens is 456 g/mol. The minimum absolute atomic E-state index is 0.0401. The van der Waals surface area contributed by atoms with Gasteiger partial charge in [-0.25, -0.2) is 9.97 Å². The van der Waals surface area contributed by atoms with Crippen LogP contribution in [0.3, 0.4) is 0 Å². The molecule has 0 aliphatic heterocycles. The van der Waals surface area contributed by atoms with Crippen LogP contribution in [0.1, 0.15) is 17.0 Å². The number of amides is 1. The molecule has 0 saturated carbocycles. The third-order valence-electron chi connectivity index (χ3n) is 4.94. The lowest BCUT2D eigenvalue weighted by molar-refractivity contribution is -0.383. The zero-order chi connectivity index (χ0) is 23.9. The number of nitro groups is 1. The van der Waals surface area contributed by atoms with Crippen LogP contribution in [-0.2, 0) is 4.79 Å². The van der Waals surface area contributed by atoms with E-state index in [4.69, 9.17) is 11.6 Å². The summed E-state index contributed by atoms with van der Waals surface area (Å²) in [5, 5.41) is 15.2. The molecule has 0 bridgehead atoms. The van der Waals surface area contributed by atoms with Crippen molar-refractivity contribution in [1.29, 1.82) is 0 Å². The summed E-state index contributed by atoms with van der Waals surface area (Å²) in [4.78, 5) is 32.3. The largest absolute Gasteiger partial charge is 0.355 e. The second-order valence-corrected chi connectivity index (χ2v) is 7.61. The van der Waals surface area contributed by atoms with Gasteiger partial charge in [0.15, 0.2) is 0 Å². The Hall–Kier alpha value is -4.50. The number of nitrogens with zero attached hydrogens (tertiary/aromatic N) is 3. The molecule has 0 spiro atoms. The zero-order valence-electron chi connectivity index (χ0n) is 17.7. The molecule has 170 valence electrons. The van der Waals surface area contributed by atoms with E-state index >= 15 is 0 Å². The molecule has 0 aliphatic carbocycles. The van der Waals surface area contributed by atoms with Gasteiger partial charge in [-0.05, 0) is 35.4 Å². The summed E-state index contributed by atoms with van der Waals surface area (Å²) in [5.41, 5.74) is 6.83. The van der Waals surface area contributed by atoms with Crippen LogP contribution >= 0.6 is 11.6 Å². The molecule has 1 heterocycles. The van der Waals surface area contributed by atoms with Crippen molar-refractivity contribution in [2.24, 2.45) is 0 Å². The van der Waals surface area contributed by atoms with E-state index in [2.05, 4.69) is 26.1 Å². The summed E-state index contributed by atoms with van der Waals surface area (Å²) in [6.07, 6.45) is 1.16. The third-order valence-corrected chi connectivity index (χ3v) is 5.20. The van der Waals surface area contributed by atoms with Gasteiger partial charge in [0.2, 0.25) is 17.5 Å². The van der Waals surface area contributed by atoms with E-state index in [1.807, 2.05) is 60.7 Å². The number of anilines is 3. The van der Waals surface area contributed by atoms with Crippen LogP contribution in [0, 0.1) is 10.1 Å². The lowest BCUT2D eigenvalue weighted by Crippen LogP contribution is -2.35.